The van der Waals surface area contributed by atoms with Crippen LogP contribution < -0.4 is 5.32 Å². The van der Waals surface area contributed by atoms with E-state index >= 15 is 0 Å². The first-order valence-corrected chi connectivity index (χ1v) is 6.99. The Kier molecular flexibility index (Phi) is 4.48. The molecule has 1 unspecified atom stereocenters. The maximum absolute atomic E-state index is 6.32. The minimum Gasteiger partial charge on any atom is -0.381 e. The minimum absolute atomic E-state index is 0.403. The topological polar surface area (TPSA) is 29.9 Å². The van der Waals surface area contributed by atoms with E-state index in [1.54, 1.807) is 12.5 Å². The highest BCUT2D eigenvalue weighted by Gasteiger charge is 2.12. The van der Waals surface area contributed by atoms with Gasteiger partial charge in [0.2, 0.25) is 0 Å². The minimum atomic E-state index is 0.403. The van der Waals surface area contributed by atoms with Gasteiger partial charge < -0.3 is 9.88 Å². The van der Waals surface area contributed by atoms with Crippen molar-refractivity contribution in [1.29, 1.82) is 0 Å². The number of nitrogens with zero attached hydrogens (tertiary/aromatic N) is 2. The van der Waals surface area contributed by atoms with Crippen LogP contribution in [0.2, 0.25) is 5.02 Å². The molecule has 2 aromatic rings. The molecule has 0 aliphatic carbocycles. The molecule has 102 valence electrons. The van der Waals surface area contributed by atoms with Crippen LogP contribution in [-0.2, 0) is 0 Å². The number of nitrogens with one attached hydrogen (secondary N) is 1. The summed E-state index contributed by atoms with van der Waals surface area (Å²) in [6.45, 7) is 6.65. The van der Waals surface area contributed by atoms with Gasteiger partial charge in [-0.15, -0.1) is 0 Å². The van der Waals surface area contributed by atoms with E-state index in [9.17, 15) is 0 Å². The summed E-state index contributed by atoms with van der Waals surface area (Å²) in [5.41, 5.74) is 2.00. The largest absolute Gasteiger partial charge is 0.381 e. The lowest BCUT2D eigenvalue weighted by molar-refractivity contribution is 0.539. The zero-order chi connectivity index (χ0) is 13.8. The Hall–Kier alpha value is -1.48. The van der Waals surface area contributed by atoms with E-state index in [2.05, 4.69) is 37.1 Å². The molecular weight excluding hydrogens is 258 g/mol. The van der Waals surface area contributed by atoms with Crippen molar-refractivity contribution < 1.29 is 0 Å². The lowest BCUT2D eigenvalue weighted by Crippen LogP contribution is -2.18. The molecule has 0 aliphatic heterocycles. The van der Waals surface area contributed by atoms with Crippen molar-refractivity contribution >= 4 is 17.3 Å². The van der Waals surface area contributed by atoms with Gasteiger partial charge in [0, 0.05) is 18.4 Å². The normalized spacial score (nSPS) is 12.7. The van der Waals surface area contributed by atoms with Gasteiger partial charge in [-0.3, -0.25) is 0 Å². The van der Waals surface area contributed by atoms with E-state index in [-0.39, 0.29) is 0 Å². The first kappa shape index (κ1) is 13.9. The molecule has 0 aliphatic rings. The van der Waals surface area contributed by atoms with E-state index < -0.39 is 0 Å². The average molecular weight is 278 g/mol. The fourth-order valence-corrected chi connectivity index (χ4v) is 2.59. The zero-order valence-corrected chi connectivity index (χ0v) is 12.4. The Morgan fingerprint density at radius 2 is 2.11 bits per heavy atom. The summed E-state index contributed by atoms with van der Waals surface area (Å²) in [4.78, 5) is 4.08. The van der Waals surface area contributed by atoms with Crippen molar-refractivity contribution in [3.8, 4) is 5.69 Å². The van der Waals surface area contributed by atoms with Gasteiger partial charge in [0.05, 0.1) is 22.7 Å². The average Bonchev–Trinajstić information content (AvgIpc) is 2.81. The SMILES string of the molecule is CC(C)CC(C)Nc1cccc(Cl)c1-n1ccnc1. The summed E-state index contributed by atoms with van der Waals surface area (Å²) in [6.07, 6.45) is 6.54. The van der Waals surface area contributed by atoms with E-state index in [0.29, 0.717) is 12.0 Å². The van der Waals surface area contributed by atoms with Crippen molar-refractivity contribution in [3.05, 3.63) is 41.9 Å². The molecule has 0 saturated heterocycles. The summed E-state index contributed by atoms with van der Waals surface area (Å²) in [5, 5.41) is 4.26. The molecule has 2 rings (SSSR count). The van der Waals surface area contributed by atoms with Gasteiger partial charge in [0.25, 0.3) is 0 Å². The highest BCUT2D eigenvalue weighted by atomic mass is 35.5. The predicted molar refractivity (Wildman–Crippen MR) is 81.1 cm³/mol. The van der Waals surface area contributed by atoms with Gasteiger partial charge >= 0.3 is 0 Å². The lowest BCUT2D eigenvalue weighted by atomic mass is 10.0. The van der Waals surface area contributed by atoms with Crippen molar-refractivity contribution in [1.82, 2.24) is 9.55 Å². The molecule has 19 heavy (non-hydrogen) atoms. The van der Waals surface area contributed by atoms with Crippen molar-refractivity contribution in [3.63, 3.8) is 0 Å². The number of hydrogen-bond acceptors (Lipinski definition) is 2. The summed E-state index contributed by atoms with van der Waals surface area (Å²) < 4.78 is 1.94. The van der Waals surface area contributed by atoms with Crippen molar-refractivity contribution in [2.24, 2.45) is 5.92 Å². The zero-order valence-electron chi connectivity index (χ0n) is 11.6. The second kappa shape index (κ2) is 6.11. The molecule has 0 spiro atoms. The Balaban J connectivity index is 2.28. The van der Waals surface area contributed by atoms with Crippen LogP contribution in [0.25, 0.3) is 5.69 Å². The van der Waals surface area contributed by atoms with E-state index in [1.807, 2.05) is 22.9 Å². The van der Waals surface area contributed by atoms with Gasteiger partial charge in [0.15, 0.2) is 0 Å². The Bertz CT molecular complexity index is 520. The molecule has 3 nitrogen and oxygen atoms in total. The van der Waals surface area contributed by atoms with Crippen LogP contribution in [0.5, 0.6) is 0 Å². The van der Waals surface area contributed by atoms with Gasteiger partial charge in [-0.25, -0.2) is 4.98 Å². The standard InChI is InChI=1S/C15H20ClN3/c1-11(2)9-12(3)18-14-6-4-5-13(16)15(14)19-8-7-17-10-19/h4-8,10-12,18H,9H2,1-3H3. The monoisotopic (exact) mass is 277 g/mol. The summed E-state index contributed by atoms with van der Waals surface area (Å²) in [6, 6.07) is 6.32. The molecule has 0 fully saturated rings. The molecule has 0 bridgehead atoms. The number of aromatic nitrogens is 2. The molecule has 1 aromatic heterocycles. The van der Waals surface area contributed by atoms with Gasteiger partial charge in [0.1, 0.15) is 0 Å². The number of anilines is 1. The number of imidazole rings is 1. The van der Waals surface area contributed by atoms with Crippen LogP contribution >= 0.6 is 11.6 Å². The van der Waals surface area contributed by atoms with Crippen LogP contribution in [0.4, 0.5) is 5.69 Å². The Morgan fingerprint density at radius 3 is 2.74 bits per heavy atom. The second-order valence-electron chi connectivity index (χ2n) is 5.28. The van der Waals surface area contributed by atoms with E-state index in [1.165, 1.54) is 0 Å². The fraction of sp³-hybridized carbons (Fsp3) is 0.400. The van der Waals surface area contributed by atoms with E-state index in [4.69, 9.17) is 11.6 Å². The number of hydrogen-bond donors (Lipinski definition) is 1. The van der Waals surface area contributed by atoms with Crippen LogP contribution in [0.15, 0.2) is 36.9 Å². The Morgan fingerprint density at radius 1 is 1.32 bits per heavy atom. The van der Waals surface area contributed by atoms with Crippen LogP contribution in [0.3, 0.4) is 0 Å². The Labute approximate surface area is 119 Å². The van der Waals surface area contributed by atoms with Crippen molar-refractivity contribution in [2.75, 3.05) is 5.32 Å². The third-order valence-electron chi connectivity index (χ3n) is 2.98. The highest BCUT2D eigenvalue weighted by molar-refractivity contribution is 6.33. The number of para-hydroxylation sites is 1. The first-order chi connectivity index (χ1) is 9.08. The first-order valence-electron chi connectivity index (χ1n) is 6.61. The predicted octanol–water partition coefficient (Wildman–Crippen LogP) is 4.37. The number of benzene rings is 1. The number of halogens is 1. The molecule has 0 saturated carbocycles. The van der Waals surface area contributed by atoms with E-state index in [0.717, 1.165) is 22.8 Å². The third kappa shape index (κ3) is 3.51. The highest BCUT2D eigenvalue weighted by Crippen LogP contribution is 2.29. The molecule has 0 amide bonds. The second-order valence-corrected chi connectivity index (χ2v) is 5.69. The molecule has 1 atom stereocenters. The summed E-state index contributed by atoms with van der Waals surface area (Å²) >= 11 is 6.32. The lowest BCUT2D eigenvalue weighted by Gasteiger charge is -2.20. The van der Waals surface area contributed by atoms with Gasteiger partial charge in [-0.1, -0.05) is 31.5 Å². The van der Waals surface area contributed by atoms with Gasteiger partial charge in [-0.05, 0) is 31.4 Å². The molecule has 4 heteroatoms. The van der Waals surface area contributed by atoms with Gasteiger partial charge in [-0.2, -0.15) is 0 Å². The van der Waals surface area contributed by atoms with Crippen LogP contribution in [-0.4, -0.2) is 15.6 Å². The maximum Gasteiger partial charge on any atom is 0.0992 e. The van der Waals surface area contributed by atoms with Crippen LogP contribution in [0, 0.1) is 5.92 Å². The molecular formula is C15H20ClN3. The smallest absolute Gasteiger partial charge is 0.0992 e. The molecule has 0 radical (unpaired) electrons. The maximum atomic E-state index is 6.32. The summed E-state index contributed by atoms with van der Waals surface area (Å²) in [5.74, 6) is 0.665. The van der Waals surface area contributed by atoms with Crippen molar-refractivity contribution in [2.45, 2.75) is 33.2 Å². The third-order valence-corrected chi connectivity index (χ3v) is 3.28. The molecule has 1 N–H and O–H groups in total. The quantitative estimate of drug-likeness (QED) is 0.879. The fourth-order valence-electron chi connectivity index (χ4n) is 2.32. The number of rotatable bonds is 5. The van der Waals surface area contributed by atoms with Crippen LogP contribution in [0.1, 0.15) is 27.2 Å². The molecule has 1 heterocycles. The summed E-state index contributed by atoms with van der Waals surface area (Å²) in [7, 11) is 0. The molecule has 1 aromatic carbocycles.